The number of hydrogen-bond donors (Lipinski definition) is 1. The van der Waals surface area contributed by atoms with E-state index >= 15 is 0 Å². The molecule has 0 aromatic carbocycles. The van der Waals surface area contributed by atoms with E-state index in [1.165, 1.54) is 0 Å². The number of allylic oxidation sites excluding steroid dienone is 1. The molecule has 0 radical (unpaired) electrons. The highest BCUT2D eigenvalue weighted by Gasteiger charge is 2.31. The highest BCUT2D eigenvalue weighted by atomic mass is 16.6. The van der Waals surface area contributed by atoms with E-state index in [0.29, 0.717) is 5.92 Å². The van der Waals surface area contributed by atoms with E-state index in [2.05, 4.69) is 25.7 Å². The Morgan fingerprint density at radius 2 is 2.16 bits per heavy atom. The van der Waals surface area contributed by atoms with Crippen LogP contribution in [0.5, 0.6) is 0 Å². The lowest BCUT2D eigenvalue weighted by Crippen LogP contribution is -2.45. The van der Waals surface area contributed by atoms with Gasteiger partial charge in [-0.25, -0.2) is 4.79 Å². The molecule has 0 aromatic heterocycles. The van der Waals surface area contributed by atoms with Crippen molar-refractivity contribution in [3.63, 3.8) is 0 Å². The summed E-state index contributed by atoms with van der Waals surface area (Å²) in [6.07, 6.45) is 2.29. The summed E-state index contributed by atoms with van der Waals surface area (Å²) >= 11 is 0. The third-order valence-electron chi connectivity index (χ3n) is 2.90. The zero-order valence-electron chi connectivity index (χ0n) is 12.8. The van der Waals surface area contributed by atoms with Crippen molar-refractivity contribution in [2.45, 2.75) is 71.6 Å². The van der Waals surface area contributed by atoms with Crippen LogP contribution in [0.4, 0.5) is 4.79 Å². The Morgan fingerprint density at radius 3 is 2.58 bits per heavy atom. The number of amides is 1. The molecule has 0 bridgehead atoms. The Hall–Kier alpha value is -1.19. The second-order valence-electron chi connectivity index (χ2n) is 6.62. The summed E-state index contributed by atoms with van der Waals surface area (Å²) in [7, 11) is 0. The van der Waals surface area contributed by atoms with Gasteiger partial charge in [0.25, 0.3) is 0 Å². The summed E-state index contributed by atoms with van der Waals surface area (Å²) in [4.78, 5) is 11.9. The van der Waals surface area contributed by atoms with Crippen molar-refractivity contribution >= 4 is 6.09 Å². The maximum absolute atomic E-state index is 11.9. The van der Waals surface area contributed by atoms with Crippen molar-refractivity contribution in [3.05, 3.63) is 12.3 Å². The van der Waals surface area contributed by atoms with Crippen LogP contribution in [-0.2, 0) is 9.47 Å². The van der Waals surface area contributed by atoms with Crippen molar-refractivity contribution in [2.75, 3.05) is 0 Å². The molecule has 0 aromatic rings. The lowest BCUT2D eigenvalue weighted by molar-refractivity contribution is 0.0404. The number of nitrogens with one attached hydrogen (secondary N) is 1. The quantitative estimate of drug-likeness (QED) is 0.848. The Kier molecular flexibility index (Phi) is 5.27. The Balaban J connectivity index is 2.59. The van der Waals surface area contributed by atoms with Gasteiger partial charge in [0.15, 0.2) is 0 Å². The van der Waals surface area contributed by atoms with Crippen molar-refractivity contribution in [3.8, 4) is 0 Å². The minimum atomic E-state index is -0.480. The number of carbonyl (C=O) groups is 1. The van der Waals surface area contributed by atoms with Crippen LogP contribution in [-0.4, -0.2) is 23.8 Å². The third kappa shape index (κ3) is 5.99. The van der Waals surface area contributed by atoms with Gasteiger partial charge in [-0.05, 0) is 39.5 Å². The number of carbonyl (C=O) groups excluding carboxylic acids is 1. The summed E-state index contributed by atoms with van der Waals surface area (Å²) in [5.41, 5.74) is -0.480. The maximum atomic E-state index is 11.9. The molecule has 0 saturated carbocycles. The first-order valence-corrected chi connectivity index (χ1v) is 7.01. The number of rotatable bonds is 4. The van der Waals surface area contributed by atoms with Crippen molar-refractivity contribution < 1.29 is 14.3 Å². The fourth-order valence-corrected chi connectivity index (χ4v) is 2.19. The molecule has 4 nitrogen and oxygen atoms in total. The zero-order valence-corrected chi connectivity index (χ0v) is 12.8. The van der Waals surface area contributed by atoms with Gasteiger partial charge >= 0.3 is 6.09 Å². The predicted octanol–water partition coefficient (Wildman–Crippen LogP) is 3.62. The van der Waals surface area contributed by atoms with E-state index in [4.69, 9.17) is 9.47 Å². The Labute approximate surface area is 116 Å². The van der Waals surface area contributed by atoms with Gasteiger partial charge in [0, 0.05) is 6.42 Å². The molecule has 1 fully saturated rings. The molecule has 1 saturated heterocycles. The third-order valence-corrected chi connectivity index (χ3v) is 2.90. The van der Waals surface area contributed by atoms with Crippen molar-refractivity contribution in [2.24, 2.45) is 5.92 Å². The summed E-state index contributed by atoms with van der Waals surface area (Å²) < 4.78 is 11.0. The number of alkyl carbamates (subject to hydrolysis) is 1. The van der Waals surface area contributed by atoms with Gasteiger partial charge < -0.3 is 14.8 Å². The van der Waals surface area contributed by atoms with E-state index in [0.717, 1.165) is 25.0 Å². The molecule has 2 atom stereocenters. The normalized spacial score (nSPS) is 21.2. The summed E-state index contributed by atoms with van der Waals surface area (Å²) in [5, 5.41) is 2.94. The Morgan fingerprint density at radius 1 is 1.53 bits per heavy atom. The summed E-state index contributed by atoms with van der Waals surface area (Å²) in [6, 6.07) is -0.0194. The smallest absolute Gasteiger partial charge is 0.408 e. The van der Waals surface area contributed by atoms with Gasteiger partial charge in [-0.1, -0.05) is 20.4 Å². The van der Waals surface area contributed by atoms with Crippen LogP contribution in [0.15, 0.2) is 12.3 Å². The van der Waals surface area contributed by atoms with Gasteiger partial charge in [0.2, 0.25) is 0 Å². The molecule has 0 spiro atoms. The average Bonchev–Trinajstić information content (AvgIpc) is 2.60. The van der Waals surface area contributed by atoms with E-state index < -0.39 is 5.60 Å². The van der Waals surface area contributed by atoms with Crippen LogP contribution in [0.1, 0.15) is 53.9 Å². The van der Waals surface area contributed by atoms with Gasteiger partial charge in [0.1, 0.15) is 11.7 Å². The molecule has 1 aliphatic heterocycles. The second-order valence-corrected chi connectivity index (χ2v) is 6.62. The van der Waals surface area contributed by atoms with E-state index in [9.17, 15) is 4.79 Å². The fourth-order valence-electron chi connectivity index (χ4n) is 2.19. The topological polar surface area (TPSA) is 47.6 Å². The molecule has 1 amide bonds. The second kappa shape index (κ2) is 6.31. The molecule has 2 unspecified atom stereocenters. The van der Waals surface area contributed by atoms with Gasteiger partial charge in [-0.3, -0.25) is 0 Å². The molecule has 0 aliphatic carbocycles. The first kappa shape index (κ1) is 15.9. The molecular formula is C15H27NO3. The van der Waals surface area contributed by atoms with E-state index in [1.807, 2.05) is 20.8 Å². The largest absolute Gasteiger partial charge is 0.493 e. The number of hydrogen-bond acceptors (Lipinski definition) is 3. The van der Waals surface area contributed by atoms with Crippen LogP contribution in [0, 0.1) is 5.92 Å². The summed E-state index contributed by atoms with van der Waals surface area (Å²) in [5.74, 6) is 1.29. The van der Waals surface area contributed by atoms with Gasteiger partial charge in [-0.15, -0.1) is 0 Å². The predicted molar refractivity (Wildman–Crippen MR) is 75.9 cm³/mol. The molecule has 1 aliphatic rings. The SMILES string of the molecule is C=C1CCC(C(CC(C)C)NC(=O)OC(C)(C)C)O1. The van der Waals surface area contributed by atoms with Crippen LogP contribution < -0.4 is 5.32 Å². The van der Waals surface area contributed by atoms with Crippen LogP contribution >= 0.6 is 0 Å². The lowest BCUT2D eigenvalue weighted by atomic mass is 9.97. The number of ether oxygens (including phenoxy) is 2. The van der Waals surface area contributed by atoms with Crippen LogP contribution in [0.3, 0.4) is 0 Å². The van der Waals surface area contributed by atoms with E-state index in [1.54, 1.807) is 0 Å². The molecular weight excluding hydrogens is 242 g/mol. The zero-order chi connectivity index (χ0) is 14.6. The standard InChI is InChI=1S/C15H27NO3/c1-10(2)9-12(13-8-7-11(3)18-13)16-14(17)19-15(4,5)6/h10,12-13H,3,7-9H2,1-2,4-6H3,(H,16,17). The van der Waals surface area contributed by atoms with Crippen molar-refractivity contribution in [1.29, 1.82) is 0 Å². The van der Waals surface area contributed by atoms with Crippen molar-refractivity contribution in [1.82, 2.24) is 5.32 Å². The molecule has 1 heterocycles. The molecule has 1 rings (SSSR count). The molecule has 19 heavy (non-hydrogen) atoms. The highest BCUT2D eigenvalue weighted by Crippen LogP contribution is 2.26. The first-order valence-electron chi connectivity index (χ1n) is 7.01. The first-order chi connectivity index (χ1) is 8.67. The van der Waals surface area contributed by atoms with Crippen LogP contribution in [0.25, 0.3) is 0 Å². The van der Waals surface area contributed by atoms with E-state index in [-0.39, 0.29) is 18.2 Å². The van der Waals surface area contributed by atoms with Crippen LogP contribution in [0.2, 0.25) is 0 Å². The lowest BCUT2D eigenvalue weighted by Gasteiger charge is -2.28. The monoisotopic (exact) mass is 269 g/mol. The minimum Gasteiger partial charge on any atom is -0.493 e. The van der Waals surface area contributed by atoms with Gasteiger partial charge in [0.05, 0.1) is 11.8 Å². The molecule has 1 N–H and O–H groups in total. The average molecular weight is 269 g/mol. The minimum absolute atomic E-state index is 0.0161. The molecule has 110 valence electrons. The summed E-state index contributed by atoms with van der Waals surface area (Å²) in [6.45, 7) is 13.7. The maximum Gasteiger partial charge on any atom is 0.408 e. The highest BCUT2D eigenvalue weighted by molar-refractivity contribution is 5.68. The van der Waals surface area contributed by atoms with Gasteiger partial charge in [-0.2, -0.15) is 0 Å². The Bertz CT molecular complexity index is 331. The fraction of sp³-hybridized carbons (Fsp3) is 0.800. The molecule has 4 heteroatoms.